The van der Waals surface area contributed by atoms with Crippen LogP contribution in [0.4, 0.5) is 4.79 Å². The van der Waals surface area contributed by atoms with Gasteiger partial charge < -0.3 is 38.1 Å². The van der Waals surface area contributed by atoms with E-state index in [1.165, 1.54) is 30.6 Å². The van der Waals surface area contributed by atoms with Gasteiger partial charge in [0.05, 0.1) is 51.4 Å². The summed E-state index contributed by atoms with van der Waals surface area (Å²) < 4.78 is 40.2. The molecule has 0 N–H and O–H groups in total. The highest BCUT2D eigenvalue weighted by Crippen LogP contribution is 2.28. The van der Waals surface area contributed by atoms with Gasteiger partial charge in [-0.05, 0) is 71.4 Å². The van der Waals surface area contributed by atoms with E-state index in [1.54, 1.807) is 0 Å². The standard InChI is InChI=1S/C60H106N2O14/c1-6-10-14-18-22-26-32-54(63)70-43-49(44-71-55(64)33-27-23-19-15-11-7-2)41-58(67)74-47-51-36-37-52(62(51)60(69)76-53-31-30-39-61(5)40-38-53)48-75-59(68)42-50(45-72-56(65)34-28-24-20-16-12-8-3)46-73-57(66)35-29-25-21-17-13-9-4/h49-53H,6-48H2,1-5H3/t51-,52-,53?/m0/s1. The van der Waals surface area contributed by atoms with Gasteiger partial charge in [0.25, 0.3) is 0 Å². The summed E-state index contributed by atoms with van der Waals surface area (Å²) in [5.74, 6) is -3.89. The molecule has 0 saturated carbocycles. The molecule has 3 atom stereocenters. The molecule has 1 unspecified atom stereocenters. The van der Waals surface area contributed by atoms with Gasteiger partial charge in [-0.15, -0.1) is 0 Å². The molecule has 76 heavy (non-hydrogen) atoms. The molecule has 2 rings (SSSR count). The summed E-state index contributed by atoms with van der Waals surface area (Å²) in [4.78, 5) is 96.0. The first-order valence-electron chi connectivity index (χ1n) is 30.5. The fraction of sp³-hybridized carbons (Fsp3) is 0.883. The number of hydrogen-bond acceptors (Lipinski definition) is 15. The van der Waals surface area contributed by atoms with Crippen LogP contribution < -0.4 is 0 Å². The third kappa shape index (κ3) is 34.7. The minimum atomic E-state index is -0.629. The lowest BCUT2D eigenvalue weighted by Crippen LogP contribution is -2.47. The molecule has 2 fully saturated rings. The fourth-order valence-corrected chi connectivity index (χ4v) is 9.75. The Labute approximate surface area is 459 Å². The minimum absolute atomic E-state index is 0.107. The van der Waals surface area contributed by atoms with Crippen LogP contribution in [0.5, 0.6) is 0 Å². The molecule has 0 aromatic carbocycles. The number of hydrogen-bond donors (Lipinski definition) is 0. The molecule has 2 saturated heterocycles. The van der Waals surface area contributed by atoms with Crippen LogP contribution in [0.1, 0.15) is 252 Å². The maximum atomic E-state index is 14.1. The number of likely N-dealkylation sites (tertiary alicyclic amines) is 2. The first-order valence-corrected chi connectivity index (χ1v) is 30.5. The second-order valence-electron chi connectivity index (χ2n) is 21.8. The molecule has 0 aromatic rings. The largest absolute Gasteiger partial charge is 0.465 e. The van der Waals surface area contributed by atoms with Crippen LogP contribution in [0.25, 0.3) is 0 Å². The summed E-state index contributed by atoms with van der Waals surface area (Å²) in [5, 5.41) is 0. The Morgan fingerprint density at radius 1 is 0.395 bits per heavy atom. The average Bonchev–Trinajstić information content (AvgIpc) is 3.71. The molecule has 16 nitrogen and oxygen atoms in total. The number of esters is 6. The summed E-state index contributed by atoms with van der Waals surface area (Å²) in [6, 6.07) is -1.16. The van der Waals surface area contributed by atoms with Gasteiger partial charge in [0, 0.05) is 44.1 Å². The van der Waals surface area contributed by atoms with Crippen LogP contribution in [0.15, 0.2) is 0 Å². The zero-order valence-electron chi connectivity index (χ0n) is 48.4. The number of carbonyl (C=O) groups is 7. The van der Waals surface area contributed by atoms with E-state index in [1.807, 2.05) is 7.05 Å². The number of ether oxygens (including phenoxy) is 7. The Hall–Kier alpha value is -3.95. The number of unbranched alkanes of at least 4 members (excludes halogenated alkanes) is 20. The van der Waals surface area contributed by atoms with Crippen molar-refractivity contribution in [3.8, 4) is 0 Å². The van der Waals surface area contributed by atoms with Gasteiger partial charge in [-0.1, -0.05) is 156 Å². The fourth-order valence-electron chi connectivity index (χ4n) is 9.75. The zero-order chi connectivity index (χ0) is 55.4. The maximum Gasteiger partial charge on any atom is 0.410 e. The van der Waals surface area contributed by atoms with E-state index in [0.29, 0.717) is 51.4 Å². The van der Waals surface area contributed by atoms with Gasteiger partial charge >= 0.3 is 41.9 Å². The lowest BCUT2D eigenvalue weighted by molar-refractivity contribution is -0.156. The number of nitrogens with zero attached hydrogens (tertiary/aromatic N) is 2. The van der Waals surface area contributed by atoms with Crippen molar-refractivity contribution in [3.05, 3.63) is 0 Å². The van der Waals surface area contributed by atoms with E-state index in [2.05, 4.69) is 32.6 Å². The maximum absolute atomic E-state index is 14.1. The molecule has 2 aliphatic rings. The molecule has 16 heteroatoms. The Bertz CT molecular complexity index is 1420. The highest BCUT2D eigenvalue weighted by Gasteiger charge is 2.41. The second kappa shape index (κ2) is 45.0. The minimum Gasteiger partial charge on any atom is -0.465 e. The van der Waals surface area contributed by atoms with Crippen LogP contribution in [-0.4, -0.2) is 130 Å². The first kappa shape index (κ1) is 68.2. The van der Waals surface area contributed by atoms with Gasteiger partial charge in [-0.2, -0.15) is 0 Å². The molecular formula is C60H106N2O14. The summed E-state index contributed by atoms with van der Waals surface area (Å²) in [6.07, 6.45) is 27.6. The number of rotatable bonds is 45. The molecule has 0 radical (unpaired) electrons. The first-order chi connectivity index (χ1) is 36.9. The topological polar surface area (TPSA) is 191 Å². The van der Waals surface area contributed by atoms with Crippen LogP contribution in [0.2, 0.25) is 0 Å². The van der Waals surface area contributed by atoms with E-state index in [-0.39, 0.29) is 108 Å². The number of carbonyl (C=O) groups excluding carboxylic acids is 7. The molecule has 440 valence electrons. The van der Waals surface area contributed by atoms with Gasteiger partial charge in [-0.3, -0.25) is 33.7 Å². The van der Waals surface area contributed by atoms with E-state index < -0.39 is 42.0 Å². The Kier molecular flexibility index (Phi) is 40.3. The summed E-state index contributed by atoms with van der Waals surface area (Å²) >= 11 is 0. The van der Waals surface area contributed by atoms with Crippen LogP contribution in [0.3, 0.4) is 0 Å². The molecule has 1 amide bonds. The highest BCUT2D eigenvalue weighted by molar-refractivity contribution is 5.73. The third-order valence-corrected chi connectivity index (χ3v) is 14.6. The molecular weight excluding hydrogens is 973 g/mol. The Morgan fingerprint density at radius 2 is 0.724 bits per heavy atom. The van der Waals surface area contributed by atoms with E-state index in [4.69, 9.17) is 33.2 Å². The molecule has 2 heterocycles. The van der Waals surface area contributed by atoms with E-state index >= 15 is 0 Å². The van der Waals surface area contributed by atoms with Crippen molar-refractivity contribution < 1.29 is 66.7 Å². The van der Waals surface area contributed by atoms with Crippen molar-refractivity contribution in [1.82, 2.24) is 9.80 Å². The highest BCUT2D eigenvalue weighted by atomic mass is 16.6. The number of amides is 1. The van der Waals surface area contributed by atoms with Gasteiger partial charge in [0.2, 0.25) is 0 Å². The normalized spacial score (nSPS) is 16.8. The monoisotopic (exact) mass is 1080 g/mol. The van der Waals surface area contributed by atoms with Crippen LogP contribution in [0, 0.1) is 11.8 Å². The Balaban J connectivity index is 2.12. The van der Waals surface area contributed by atoms with Gasteiger partial charge in [0.1, 0.15) is 19.3 Å². The van der Waals surface area contributed by atoms with Crippen molar-refractivity contribution in [2.24, 2.45) is 11.8 Å². The van der Waals surface area contributed by atoms with E-state index in [9.17, 15) is 33.6 Å². The molecule has 0 aliphatic carbocycles. The average molecular weight is 1080 g/mol. The molecule has 0 aromatic heterocycles. The summed E-state index contributed by atoms with van der Waals surface area (Å²) in [5.41, 5.74) is 0. The quantitative estimate of drug-likeness (QED) is 0.0318. The van der Waals surface area contributed by atoms with E-state index in [0.717, 1.165) is 122 Å². The van der Waals surface area contributed by atoms with Crippen LogP contribution in [-0.2, 0) is 61.9 Å². The molecule has 0 bridgehead atoms. The van der Waals surface area contributed by atoms with Crippen molar-refractivity contribution in [1.29, 1.82) is 0 Å². The summed E-state index contributed by atoms with van der Waals surface area (Å²) in [7, 11) is 2.04. The van der Waals surface area contributed by atoms with Gasteiger partial charge in [0.15, 0.2) is 0 Å². The SMILES string of the molecule is CCCCCCCCC(=O)OCC(COC(=O)CCCCCCCC)CC(=O)OC[C@@H]1CC[C@@H](COC(=O)CC(COC(=O)CCCCCCCC)COC(=O)CCCCCCCC)N1C(=O)OC1CCCN(C)CC1. The van der Waals surface area contributed by atoms with Crippen LogP contribution >= 0.6 is 0 Å². The third-order valence-electron chi connectivity index (χ3n) is 14.6. The smallest absolute Gasteiger partial charge is 0.410 e. The van der Waals surface area contributed by atoms with Gasteiger partial charge in [-0.25, -0.2) is 4.79 Å². The lowest BCUT2D eigenvalue weighted by Gasteiger charge is -2.31. The van der Waals surface area contributed by atoms with Crippen molar-refractivity contribution >= 4 is 41.9 Å². The van der Waals surface area contributed by atoms with Crippen molar-refractivity contribution in [2.45, 2.75) is 271 Å². The Morgan fingerprint density at radius 3 is 1.07 bits per heavy atom. The predicted molar refractivity (Wildman–Crippen MR) is 294 cm³/mol. The zero-order valence-corrected chi connectivity index (χ0v) is 48.4. The molecule has 2 aliphatic heterocycles. The predicted octanol–water partition coefficient (Wildman–Crippen LogP) is 12.7. The molecule has 0 spiro atoms. The lowest BCUT2D eigenvalue weighted by atomic mass is 10.1. The second-order valence-corrected chi connectivity index (χ2v) is 21.8. The van der Waals surface area contributed by atoms with Crippen molar-refractivity contribution in [3.63, 3.8) is 0 Å². The van der Waals surface area contributed by atoms with Crippen molar-refractivity contribution in [2.75, 3.05) is 59.8 Å². The summed E-state index contributed by atoms with van der Waals surface area (Å²) in [6.45, 7) is 9.57.